The third-order valence-electron chi connectivity index (χ3n) is 3.68. The van der Waals surface area contributed by atoms with Gasteiger partial charge in [0.2, 0.25) is 11.5 Å². The number of furan rings is 1. The van der Waals surface area contributed by atoms with E-state index in [4.69, 9.17) is 13.9 Å². The Morgan fingerprint density at radius 1 is 1.17 bits per heavy atom. The van der Waals surface area contributed by atoms with Crippen molar-refractivity contribution in [3.63, 3.8) is 0 Å². The number of carbonyl (C=O) groups excluding carboxylic acids is 2. The highest BCUT2D eigenvalue weighted by atomic mass is 32.1. The second-order valence-corrected chi connectivity index (χ2v) is 6.62. The van der Waals surface area contributed by atoms with Gasteiger partial charge in [-0.1, -0.05) is 0 Å². The summed E-state index contributed by atoms with van der Waals surface area (Å²) in [7, 11) is 1.57. The molecule has 5 nitrogen and oxygen atoms in total. The van der Waals surface area contributed by atoms with Crippen LogP contribution in [0.1, 0.15) is 30.7 Å². The molecule has 2 aromatic heterocycles. The standard InChI is InChI=1S/C18H16O5S/c1-10-4-7-16(24-10)14(19)9-22-18(20)17-11(2)13-8-12(21-3)5-6-15(13)23-17/h4-8H,9H2,1-3H3. The van der Waals surface area contributed by atoms with Crippen molar-refractivity contribution in [2.45, 2.75) is 13.8 Å². The van der Waals surface area contributed by atoms with Crippen molar-refractivity contribution in [3.8, 4) is 5.75 Å². The summed E-state index contributed by atoms with van der Waals surface area (Å²) >= 11 is 1.38. The van der Waals surface area contributed by atoms with Crippen LogP contribution in [-0.4, -0.2) is 25.5 Å². The van der Waals surface area contributed by atoms with Gasteiger partial charge < -0.3 is 13.9 Å². The SMILES string of the molecule is COc1ccc2oc(C(=O)OCC(=O)c3ccc(C)s3)c(C)c2c1. The number of esters is 1. The maximum atomic E-state index is 12.2. The van der Waals surface area contributed by atoms with E-state index in [0.717, 1.165) is 10.3 Å². The van der Waals surface area contributed by atoms with Crippen molar-refractivity contribution < 1.29 is 23.5 Å². The van der Waals surface area contributed by atoms with Crippen molar-refractivity contribution in [1.82, 2.24) is 0 Å². The van der Waals surface area contributed by atoms with Crippen LogP contribution < -0.4 is 4.74 Å². The molecule has 124 valence electrons. The Balaban J connectivity index is 1.76. The summed E-state index contributed by atoms with van der Waals surface area (Å²) < 4.78 is 15.9. The molecule has 0 spiro atoms. The van der Waals surface area contributed by atoms with Gasteiger partial charge >= 0.3 is 5.97 Å². The summed E-state index contributed by atoms with van der Waals surface area (Å²) in [5, 5.41) is 0.779. The quantitative estimate of drug-likeness (QED) is 0.514. The first-order valence-corrected chi connectivity index (χ1v) is 8.15. The number of thiophene rings is 1. The molecule has 0 amide bonds. The highest BCUT2D eigenvalue weighted by Gasteiger charge is 2.21. The molecule has 0 aliphatic carbocycles. The largest absolute Gasteiger partial charge is 0.497 e. The lowest BCUT2D eigenvalue weighted by molar-refractivity contribution is 0.0446. The topological polar surface area (TPSA) is 65.7 Å². The first-order valence-electron chi connectivity index (χ1n) is 7.33. The lowest BCUT2D eigenvalue weighted by Crippen LogP contribution is -2.13. The Labute approximate surface area is 142 Å². The van der Waals surface area contributed by atoms with Gasteiger partial charge in [-0.2, -0.15) is 0 Å². The number of ketones is 1. The van der Waals surface area contributed by atoms with Crippen molar-refractivity contribution in [1.29, 1.82) is 0 Å². The van der Waals surface area contributed by atoms with Gasteiger partial charge in [0.15, 0.2) is 6.61 Å². The summed E-state index contributed by atoms with van der Waals surface area (Å²) in [6, 6.07) is 8.87. The van der Waals surface area contributed by atoms with Gasteiger partial charge in [-0.15, -0.1) is 11.3 Å². The maximum absolute atomic E-state index is 12.2. The Hall–Kier alpha value is -2.60. The van der Waals surface area contributed by atoms with Crippen LogP contribution >= 0.6 is 11.3 Å². The fourth-order valence-electron chi connectivity index (χ4n) is 2.37. The van der Waals surface area contributed by atoms with E-state index in [1.165, 1.54) is 11.3 Å². The van der Waals surface area contributed by atoms with Crippen LogP contribution in [0.2, 0.25) is 0 Å². The number of methoxy groups -OCH3 is 1. The Morgan fingerprint density at radius 2 is 1.96 bits per heavy atom. The number of hydrogen-bond donors (Lipinski definition) is 0. The molecule has 0 atom stereocenters. The molecule has 0 saturated heterocycles. The summed E-state index contributed by atoms with van der Waals surface area (Å²) in [4.78, 5) is 25.9. The number of aryl methyl sites for hydroxylation is 2. The van der Waals surface area contributed by atoms with Crippen molar-refractivity contribution in [2.24, 2.45) is 0 Å². The first-order chi connectivity index (χ1) is 11.5. The van der Waals surface area contributed by atoms with Gasteiger partial charge in [-0.05, 0) is 44.2 Å². The lowest BCUT2D eigenvalue weighted by Gasteiger charge is -2.01. The number of carbonyl (C=O) groups is 2. The third kappa shape index (κ3) is 3.05. The summed E-state index contributed by atoms with van der Waals surface area (Å²) in [5.74, 6) is -0.0934. The number of rotatable bonds is 5. The minimum atomic E-state index is -0.649. The van der Waals surface area contributed by atoms with E-state index in [9.17, 15) is 9.59 Å². The van der Waals surface area contributed by atoms with Crippen LogP contribution in [0.5, 0.6) is 5.75 Å². The highest BCUT2D eigenvalue weighted by molar-refractivity contribution is 7.14. The number of ether oxygens (including phenoxy) is 2. The van der Waals surface area contributed by atoms with Crippen LogP contribution in [0, 0.1) is 13.8 Å². The van der Waals surface area contributed by atoms with Gasteiger partial charge in [0.1, 0.15) is 11.3 Å². The van der Waals surface area contributed by atoms with E-state index in [2.05, 4.69) is 0 Å². The average molecular weight is 344 g/mol. The fraction of sp³-hybridized carbons (Fsp3) is 0.222. The molecule has 0 aliphatic rings. The third-order valence-corrected chi connectivity index (χ3v) is 4.72. The number of fused-ring (bicyclic) bond motifs is 1. The average Bonchev–Trinajstić information content (AvgIpc) is 3.16. The minimum Gasteiger partial charge on any atom is -0.497 e. The van der Waals surface area contributed by atoms with Gasteiger partial charge in [0.25, 0.3) is 0 Å². The zero-order chi connectivity index (χ0) is 17.3. The highest BCUT2D eigenvalue weighted by Crippen LogP contribution is 2.29. The smallest absolute Gasteiger partial charge is 0.375 e. The zero-order valence-electron chi connectivity index (χ0n) is 13.5. The van der Waals surface area contributed by atoms with Gasteiger partial charge in [0, 0.05) is 15.8 Å². The van der Waals surface area contributed by atoms with E-state index in [1.54, 1.807) is 38.3 Å². The molecule has 0 fully saturated rings. The molecule has 24 heavy (non-hydrogen) atoms. The van der Waals surface area contributed by atoms with Crippen molar-refractivity contribution in [3.05, 3.63) is 51.4 Å². The molecule has 3 rings (SSSR count). The van der Waals surface area contributed by atoms with Crippen molar-refractivity contribution in [2.75, 3.05) is 13.7 Å². The molecule has 1 aromatic carbocycles. The minimum absolute atomic E-state index is 0.105. The van der Waals surface area contributed by atoms with Crippen LogP contribution in [0.4, 0.5) is 0 Å². The molecule has 6 heteroatoms. The molecule has 0 unspecified atom stereocenters. The Bertz CT molecular complexity index is 919. The molecule has 0 aliphatic heterocycles. The number of Topliss-reactive ketones (excluding diaryl/α,β-unsaturated/α-hetero) is 1. The molecule has 0 saturated carbocycles. The van der Waals surface area contributed by atoms with E-state index in [0.29, 0.717) is 21.8 Å². The van der Waals surface area contributed by atoms with Crippen molar-refractivity contribution >= 4 is 34.1 Å². The van der Waals surface area contributed by atoms with E-state index in [-0.39, 0.29) is 18.2 Å². The second-order valence-electron chi connectivity index (χ2n) is 5.33. The molecule has 0 radical (unpaired) electrons. The molecular weight excluding hydrogens is 328 g/mol. The molecule has 0 bridgehead atoms. The number of benzene rings is 1. The number of hydrogen-bond acceptors (Lipinski definition) is 6. The van der Waals surface area contributed by atoms with Crippen LogP contribution in [0.3, 0.4) is 0 Å². The second kappa shape index (κ2) is 6.49. The van der Waals surface area contributed by atoms with Crippen LogP contribution in [0.15, 0.2) is 34.7 Å². The van der Waals surface area contributed by atoms with Gasteiger partial charge in [0.05, 0.1) is 12.0 Å². The molecule has 0 N–H and O–H groups in total. The lowest BCUT2D eigenvalue weighted by atomic mass is 10.1. The molecular formula is C18H16O5S. The predicted molar refractivity (Wildman–Crippen MR) is 91.2 cm³/mol. The first kappa shape index (κ1) is 16.3. The zero-order valence-corrected chi connectivity index (χ0v) is 14.4. The van der Waals surface area contributed by atoms with Crippen LogP contribution in [0.25, 0.3) is 11.0 Å². The van der Waals surface area contributed by atoms with Crippen LogP contribution in [-0.2, 0) is 4.74 Å². The van der Waals surface area contributed by atoms with E-state index in [1.807, 2.05) is 13.0 Å². The summed E-state index contributed by atoms with van der Waals surface area (Å²) in [6.07, 6.45) is 0. The molecule has 2 heterocycles. The summed E-state index contributed by atoms with van der Waals surface area (Å²) in [5.41, 5.74) is 1.23. The normalized spacial score (nSPS) is 10.8. The Morgan fingerprint density at radius 3 is 2.62 bits per heavy atom. The predicted octanol–water partition coefficient (Wildman–Crippen LogP) is 4.16. The van der Waals surface area contributed by atoms with E-state index >= 15 is 0 Å². The van der Waals surface area contributed by atoms with Gasteiger partial charge in [-0.25, -0.2) is 4.79 Å². The Kier molecular flexibility index (Phi) is 4.40. The molecule has 3 aromatic rings. The fourth-order valence-corrected chi connectivity index (χ4v) is 3.17. The summed E-state index contributed by atoms with van der Waals surface area (Å²) in [6.45, 7) is 3.38. The monoisotopic (exact) mass is 344 g/mol. The van der Waals surface area contributed by atoms with E-state index < -0.39 is 5.97 Å². The van der Waals surface area contributed by atoms with Gasteiger partial charge in [-0.3, -0.25) is 4.79 Å². The maximum Gasteiger partial charge on any atom is 0.375 e.